The maximum Gasteiger partial charge on any atom is 0.147 e. The van der Waals surface area contributed by atoms with Crippen LogP contribution < -0.4 is 9.64 Å². The molecular formula is C15H17N3O. The van der Waals surface area contributed by atoms with E-state index in [9.17, 15) is 0 Å². The summed E-state index contributed by atoms with van der Waals surface area (Å²) in [6, 6.07) is 6.30. The van der Waals surface area contributed by atoms with Gasteiger partial charge in [-0.15, -0.1) is 0 Å². The third-order valence-corrected chi connectivity index (χ3v) is 3.49. The molecule has 0 saturated carbocycles. The van der Waals surface area contributed by atoms with Crippen LogP contribution in [0.2, 0.25) is 0 Å². The second-order valence-electron chi connectivity index (χ2n) is 4.82. The molecule has 1 aromatic heterocycles. The van der Waals surface area contributed by atoms with E-state index in [1.165, 1.54) is 11.1 Å². The van der Waals surface area contributed by atoms with Gasteiger partial charge in [0.15, 0.2) is 0 Å². The number of methoxy groups -OCH3 is 1. The van der Waals surface area contributed by atoms with Crippen molar-refractivity contribution in [3.05, 3.63) is 47.4 Å². The average Bonchev–Trinajstić information content (AvgIpc) is 2.46. The van der Waals surface area contributed by atoms with E-state index in [-0.39, 0.29) is 0 Å². The van der Waals surface area contributed by atoms with E-state index in [0.29, 0.717) is 0 Å². The van der Waals surface area contributed by atoms with Crippen molar-refractivity contribution in [1.82, 2.24) is 9.97 Å². The fourth-order valence-corrected chi connectivity index (χ4v) is 2.46. The molecule has 2 heterocycles. The largest absolute Gasteiger partial charge is 0.497 e. The van der Waals surface area contributed by atoms with Crippen LogP contribution in [0.3, 0.4) is 0 Å². The van der Waals surface area contributed by atoms with Gasteiger partial charge in [0.25, 0.3) is 0 Å². The molecule has 4 nitrogen and oxygen atoms in total. The smallest absolute Gasteiger partial charge is 0.147 e. The first kappa shape index (κ1) is 12.0. The van der Waals surface area contributed by atoms with Gasteiger partial charge in [-0.1, -0.05) is 6.07 Å². The van der Waals surface area contributed by atoms with Crippen molar-refractivity contribution in [3.8, 4) is 5.75 Å². The lowest BCUT2D eigenvalue weighted by molar-refractivity contribution is 0.413. The number of aryl methyl sites for hydroxylation is 1. The van der Waals surface area contributed by atoms with Gasteiger partial charge in [-0.3, -0.25) is 4.98 Å². The summed E-state index contributed by atoms with van der Waals surface area (Å²) in [5.41, 5.74) is 3.67. The van der Waals surface area contributed by atoms with Gasteiger partial charge in [0, 0.05) is 19.3 Å². The molecule has 0 amide bonds. The summed E-state index contributed by atoms with van der Waals surface area (Å²) in [7, 11) is 1.70. The molecular weight excluding hydrogens is 238 g/mol. The summed E-state index contributed by atoms with van der Waals surface area (Å²) < 4.78 is 5.29. The molecule has 1 aliphatic rings. The minimum atomic E-state index is 0.866. The van der Waals surface area contributed by atoms with E-state index >= 15 is 0 Å². The Kier molecular flexibility index (Phi) is 3.07. The molecule has 0 aliphatic carbocycles. The lowest BCUT2D eigenvalue weighted by Crippen LogP contribution is -2.31. The topological polar surface area (TPSA) is 38.2 Å². The molecule has 4 heteroatoms. The maximum atomic E-state index is 5.29. The van der Waals surface area contributed by atoms with Crippen LogP contribution >= 0.6 is 0 Å². The quantitative estimate of drug-likeness (QED) is 0.825. The second kappa shape index (κ2) is 4.88. The minimum absolute atomic E-state index is 0.866. The molecule has 2 aromatic rings. The Morgan fingerprint density at radius 2 is 2.11 bits per heavy atom. The van der Waals surface area contributed by atoms with Gasteiger partial charge >= 0.3 is 0 Å². The first-order valence-electron chi connectivity index (χ1n) is 6.45. The van der Waals surface area contributed by atoms with Crippen LogP contribution in [0.15, 0.2) is 30.6 Å². The summed E-state index contributed by atoms with van der Waals surface area (Å²) in [5, 5.41) is 0. The van der Waals surface area contributed by atoms with Gasteiger partial charge in [0.1, 0.15) is 11.6 Å². The molecule has 1 aliphatic heterocycles. The summed E-state index contributed by atoms with van der Waals surface area (Å²) in [6.45, 7) is 3.82. The zero-order valence-electron chi connectivity index (χ0n) is 11.3. The Morgan fingerprint density at radius 1 is 1.21 bits per heavy atom. The van der Waals surface area contributed by atoms with Crippen LogP contribution in [-0.2, 0) is 13.0 Å². The van der Waals surface area contributed by atoms with E-state index in [0.717, 1.165) is 36.8 Å². The van der Waals surface area contributed by atoms with E-state index in [1.807, 2.05) is 19.2 Å². The van der Waals surface area contributed by atoms with E-state index in [1.54, 1.807) is 13.3 Å². The second-order valence-corrected chi connectivity index (χ2v) is 4.82. The fourth-order valence-electron chi connectivity index (χ4n) is 2.46. The Balaban J connectivity index is 1.88. The highest BCUT2D eigenvalue weighted by atomic mass is 16.5. The van der Waals surface area contributed by atoms with Crippen LogP contribution in [0.5, 0.6) is 5.75 Å². The van der Waals surface area contributed by atoms with Crippen molar-refractivity contribution in [1.29, 1.82) is 0 Å². The normalized spacial score (nSPS) is 14.1. The highest BCUT2D eigenvalue weighted by molar-refractivity contribution is 5.45. The lowest BCUT2D eigenvalue weighted by Gasteiger charge is -2.29. The third-order valence-electron chi connectivity index (χ3n) is 3.49. The number of aromatic nitrogens is 2. The van der Waals surface area contributed by atoms with Gasteiger partial charge < -0.3 is 9.64 Å². The molecule has 3 rings (SSSR count). The summed E-state index contributed by atoms with van der Waals surface area (Å²) >= 11 is 0. The first-order valence-corrected chi connectivity index (χ1v) is 6.45. The molecule has 0 radical (unpaired) electrons. The predicted octanol–water partition coefficient (Wildman–Crippen LogP) is 2.36. The van der Waals surface area contributed by atoms with Gasteiger partial charge in [0.2, 0.25) is 0 Å². The van der Waals surface area contributed by atoms with E-state index in [2.05, 4.69) is 27.0 Å². The monoisotopic (exact) mass is 255 g/mol. The average molecular weight is 255 g/mol. The summed E-state index contributed by atoms with van der Waals surface area (Å²) in [6.07, 6.45) is 4.65. The van der Waals surface area contributed by atoms with Crippen molar-refractivity contribution in [2.24, 2.45) is 0 Å². The first-order chi connectivity index (χ1) is 9.26. The Bertz CT molecular complexity index is 598. The number of nitrogens with zero attached hydrogens (tertiary/aromatic N) is 3. The highest BCUT2D eigenvalue weighted by Crippen LogP contribution is 2.26. The standard InChI is InChI=1S/C15H17N3O/c1-11-8-16-9-15(17-11)18-6-5-12-3-4-14(19-2)7-13(12)10-18/h3-4,7-9H,5-6,10H2,1-2H3. The van der Waals surface area contributed by atoms with Crippen molar-refractivity contribution in [2.75, 3.05) is 18.6 Å². The molecule has 0 bridgehead atoms. The summed E-state index contributed by atoms with van der Waals surface area (Å²) in [4.78, 5) is 11.0. The van der Waals surface area contributed by atoms with Crippen molar-refractivity contribution in [2.45, 2.75) is 19.9 Å². The van der Waals surface area contributed by atoms with E-state index in [4.69, 9.17) is 4.74 Å². The number of rotatable bonds is 2. The molecule has 0 spiro atoms. The third kappa shape index (κ3) is 2.38. The molecule has 1 aromatic carbocycles. The van der Waals surface area contributed by atoms with Crippen molar-refractivity contribution < 1.29 is 4.74 Å². The Hall–Kier alpha value is -2.10. The molecule has 0 N–H and O–H groups in total. The van der Waals surface area contributed by atoms with Crippen LogP contribution in [-0.4, -0.2) is 23.6 Å². The van der Waals surface area contributed by atoms with Crippen LogP contribution in [0, 0.1) is 6.92 Å². The molecule has 98 valence electrons. The van der Waals surface area contributed by atoms with Gasteiger partial charge in [-0.25, -0.2) is 4.98 Å². The Morgan fingerprint density at radius 3 is 2.89 bits per heavy atom. The molecule has 19 heavy (non-hydrogen) atoms. The van der Waals surface area contributed by atoms with Crippen LogP contribution in [0.1, 0.15) is 16.8 Å². The van der Waals surface area contributed by atoms with Crippen LogP contribution in [0.4, 0.5) is 5.82 Å². The zero-order chi connectivity index (χ0) is 13.2. The fraction of sp³-hybridized carbons (Fsp3) is 0.333. The Labute approximate surface area is 113 Å². The number of hydrogen-bond acceptors (Lipinski definition) is 4. The molecule has 0 atom stereocenters. The van der Waals surface area contributed by atoms with Gasteiger partial charge in [0.05, 0.1) is 19.0 Å². The minimum Gasteiger partial charge on any atom is -0.497 e. The van der Waals surface area contributed by atoms with Crippen molar-refractivity contribution >= 4 is 5.82 Å². The molecule has 0 unspecified atom stereocenters. The number of benzene rings is 1. The maximum absolute atomic E-state index is 5.29. The molecule has 0 saturated heterocycles. The zero-order valence-corrected chi connectivity index (χ0v) is 11.3. The number of ether oxygens (including phenoxy) is 1. The van der Waals surface area contributed by atoms with Crippen molar-refractivity contribution in [3.63, 3.8) is 0 Å². The number of fused-ring (bicyclic) bond motifs is 1. The van der Waals surface area contributed by atoms with Crippen LogP contribution in [0.25, 0.3) is 0 Å². The highest BCUT2D eigenvalue weighted by Gasteiger charge is 2.18. The number of hydrogen-bond donors (Lipinski definition) is 0. The summed E-state index contributed by atoms with van der Waals surface area (Å²) in [5.74, 6) is 1.87. The molecule has 0 fully saturated rings. The lowest BCUT2D eigenvalue weighted by atomic mass is 9.99. The van der Waals surface area contributed by atoms with E-state index < -0.39 is 0 Å². The van der Waals surface area contributed by atoms with Gasteiger partial charge in [-0.2, -0.15) is 0 Å². The predicted molar refractivity (Wildman–Crippen MR) is 74.5 cm³/mol. The number of anilines is 1. The van der Waals surface area contributed by atoms with Gasteiger partial charge in [-0.05, 0) is 36.6 Å². The SMILES string of the molecule is COc1ccc2c(c1)CN(c1cncc(C)n1)CC2.